The molecule has 2 fully saturated rings. The van der Waals surface area contributed by atoms with Crippen LogP contribution in [-0.4, -0.2) is 48.3 Å². The van der Waals surface area contributed by atoms with Gasteiger partial charge in [0, 0.05) is 32.2 Å². The zero-order valence-electron chi connectivity index (χ0n) is 12.1. The summed E-state index contributed by atoms with van der Waals surface area (Å²) in [5, 5.41) is 13.2. The Bertz CT molecular complexity index is 241. The predicted molar refractivity (Wildman–Crippen MR) is 75.7 cm³/mol. The van der Waals surface area contributed by atoms with Gasteiger partial charge in [0.05, 0.1) is 6.10 Å². The van der Waals surface area contributed by atoms with Crippen molar-refractivity contribution in [3.63, 3.8) is 0 Å². The second kappa shape index (κ2) is 6.36. The van der Waals surface area contributed by atoms with E-state index in [1.54, 1.807) is 0 Å². The number of aliphatic hydroxyl groups excluding tert-OH is 1. The number of likely N-dealkylation sites (tertiary alicyclic amines) is 1. The van der Waals surface area contributed by atoms with Crippen LogP contribution in [0.25, 0.3) is 0 Å². The van der Waals surface area contributed by atoms with Crippen molar-refractivity contribution in [3.8, 4) is 0 Å². The summed E-state index contributed by atoms with van der Waals surface area (Å²) in [6.07, 6.45) is 7.44. The Morgan fingerprint density at radius 3 is 2.39 bits per heavy atom. The molecule has 106 valence electrons. The van der Waals surface area contributed by atoms with Gasteiger partial charge in [0.2, 0.25) is 0 Å². The average Bonchev–Trinajstić information content (AvgIpc) is 2.79. The van der Waals surface area contributed by atoms with Crippen molar-refractivity contribution in [2.75, 3.05) is 26.2 Å². The summed E-state index contributed by atoms with van der Waals surface area (Å²) in [7, 11) is 0. The van der Waals surface area contributed by atoms with E-state index in [2.05, 4.69) is 24.1 Å². The van der Waals surface area contributed by atoms with Crippen molar-refractivity contribution >= 4 is 0 Å². The monoisotopic (exact) mass is 254 g/mol. The van der Waals surface area contributed by atoms with Crippen LogP contribution >= 0.6 is 0 Å². The Labute approximate surface area is 112 Å². The zero-order valence-corrected chi connectivity index (χ0v) is 12.1. The van der Waals surface area contributed by atoms with Gasteiger partial charge in [0.15, 0.2) is 0 Å². The smallest absolute Gasteiger partial charge is 0.0564 e. The van der Waals surface area contributed by atoms with E-state index in [0.29, 0.717) is 11.5 Å². The van der Waals surface area contributed by atoms with E-state index in [1.165, 1.54) is 38.8 Å². The summed E-state index contributed by atoms with van der Waals surface area (Å²) in [4.78, 5) is 2.58. The van der Waals surface area contributed by atoms with Crippen LogP contribution in [-0.2, 0) is 0 Å². The van der Waals surface area contributed by atoms with Crippen LogP contribution in [0.4, 0.5) is 0 Å². The van der Waals surface area contributed by atoms with Gasteiger partial charge in [-0.2, -0.15) is 0 Å². The lowest BCUT2D eigenvalue weighted by Gasteiger charge is -2.39. The SMILES string of the molecule is CC(C)NCC1(CN2CCC(O)CC2)CCCC1. The molecule has 1 saturated carbocycles. The molecule has 0 unspecified atom stereocenters. The third kappa shape index (κ3) is 3.94. The van der Waals surface area contributed by atoms with Crippen LogP contribution in [0.1, 0.15) is 52.4 Å². The molecule has 0 aromatic rings. The molecule has 18 heavy (non-hydrogen) atoms. The summed E-state index contributed by atoms with van der Waals surface area (Å²) in [6, 6.07) is 0.589. The third-order valence-corrected chi connectivity index (χ3v) is 4.67. The molecule has 1 aliphatic carbocycles. The molecule has 0 atom stereocenters. The summed E-state index contributed by atoms with van der Waals surface area (Å²) >= 11 is 0. The minimum atomic E-state index is -0.0467. The lowest BCUT2D eigenvalue weighted by molar-refractivity contribution is 0.0563. The molecule has 1 heterocycles. The first kappa shape index (κ1) is 14.3. The highest BCUT2D eigenvalue weighted by atomic mass is 16.3. The second-order valence-corrected chi connectivity index (χ2v) is 6.75. The molecule has 2 rings (SSSR count). The molecule has 0 bridgehead atoms. The van der Waals surface area contributed by atoms with Gasteiger partial charge in [-0.3, -0.25) is 0 Å². The Morgan fingerprint density at radius 1 is 1.22 bits per heavy atom. The van der Waals surface area contributed by atoms with Crippen LogP contribution in [0.15, 0.2) is 0 Å². The third-order valence-electron chi connectivity index (χ3n) is 4.67. The minimum Gasteiger partial charge on any atom is -0.393 e. The van der Waals surface area contributed by atoms with E-state index in [9.17, 15) is 5.11 Å². The Balaban J connectivity index is 1.85. The maximum atomic E-state index is 9.59. The van der Waals surface area contributed by atoms with Crippen molar-refractivity contribution < 1.29 is 5.11 Å². The van der Waals surface area contributed by atoms with Crippen LogP contribution in [0.3, 0.4) is 0 Å². The predicted octanol–water partition coefficient (Wildman–Crippen LogP) is 2.00. The van der Waals surface area contributed by atoms with Gasteiger partial charge < -0.3 is 15.3 Å². The fourth-order valence-corrected chi connectivity index (χ4v) is 3.49. The molecular weight excluding hydrogens is 224 g/mol. The fraction of sp³-hybridized carbons (Fsp3) is 1.00. The standard InChI is InChI=1S/C15H30N2O/c1-13(2)16-11-15(7-3-4-8-15)12-17-9-5-14(18)6-10-17/h13-14,16,18H,3-12H2,1-2H3. The topological polar surface area (TPSA) is 35.5 Å². The molecule has 2 N–H and O–H groups in total. The molecule has 0 amide bonds. The molecule has 0 spiro atoms. The first-order valence-electron chi connectivity index (χ1n) is 7.73. The molecule has 0 aromatic carbocycles. The van der Waals surface area contributed by atoms with E-state index in [1.807, 2.05) is 0 Å². The van der Waals surface area contributed by atoms with Crippen LogP contribution < -0.4 is 5.32 Å². The number of rotatable bonds is 5. The number of hydrogen-bond acceptors (Lipinski definition) is 3. The maximum absolute atomic E-state index is 9.59. The summed E-state index contributed by atoms with van der Waals surface area (Å²) in [5.41, 5.74) is 0.507. The highest BCUT2D eigenvalue weighted by Gasteiger charge is 2.36. The van der Waals surface area contributed by atoms with Gasteiger partial charge in [-0.25, -0.2) is 0 Å². The number of hydrogen-bond donors (Lipinski definition) is 2. The van der Waals surface area contributed by atoms with E-state index < -0.39 is 0 Å². The molecule has 1 saturated heterocycles. The first-order chi connectivity index (χ1) is 8.60. The number of nitrogens with one attached hydrogen (secondary N) is 1. The molecule has 3 nitrogen and oxygen atoms in total. The van der Waals surface area contributed by atoms with Gasteiger partial charge in [-0.15, -0.1) is 0 Å². The normalized spacial score (nSPS) is 26.0. The van der Waals surface area contributed by atoms with Crippen LogP contribution in [0.2, 0.25) is 0 Å². The van der Waals surface area contributed by atoms with Crippen molar-refractivity contribution in [3.05, 3.63) is 0 Å². The van der Waals surface area contributed by atoms with Gasteiger partial charge >= 0.3 is 0 Å². The van der Waals surface area contributed by atoms with Crippen molar-refractivity contribution in [1.82, 2.24) is 10.2 Å². The summed E-state index contributed by atoms with van der Waals surface area (Å²) in [5.74, 6) is 0. The van der Waals surface area contributed by atoms with Crippen molar-refractivity contribution in [2.45, 2.75) is 64.5 Å². The second-order valence-electron chi connectivity index (χ2n) is 6.75. The van der Waals surface area contributed by atoms with Gasteiger partial charge in [-0.1, -0.05) is 26.7 Å². The highest BCUT2D eigenvalue weighted by Crippen LogP contribution is 2.38. The largest absolute Gasteiger partial charge is 0.393 e. The van der Waals surface area contributed by atoms with Gasteiger partial charge in [0.25, 0.3) is 0 Å². The maximum Gasteiger partial charge on any atom is 0.0564 e. The molecule has 3 heteroatoms. The summed E-state index contributed by atoms with van der Waals surface area (Å²) < 4.78 is 0. The lowest BCUT2D eigenvalue weighted by Crippen LogP contribution is -2.47. The van der Waals surface area contributed by atoms with Crippen LogP contribution in [0, 0.1) is 5.41 Å². The van der Waals surface area contributed by atoms with E-state index >= 15 is 0 Å². The van der Waals surface area contributed by atoms with Gasteiger partial charge in [-0.05, 0) is 31.1 Å². The van der Waals surface area contributed by atoms with E-state index in [-0.39, 0.29) is 6.10 Å². The minimum absolute atomic E-state index is 0.0467. The van der Waals surface area contributed by atoms with E-state index in [0.717, 1.165) is 25.9 Å². The lowest BCUT2D eigenvalue weighted by atomic mass is 9.84. The average molecular weight is 254 g/mol. The number of piperidine rings is 1. The Hall–Kier alpha value is -0.120. The Kier molecular flexibility index (Phi) is 5.05. The first-order valence-corrected chi connectivity index (χ1v) is 7.73. The molecule has 0 aromatic heterocycles. The summed E-state index contributed by atoms with van der Waals surface area (Å²) in [6.45, 7) is 9.05. The van der Waals surface area contributed by atoms with Gasteiger partial charge in [0.1, 0.15) is 0 Å². The molecule has 0 radical (unpaired) electrons. The van der Waals surface area contributed by atoms with Crippen LogP contribution in [0.5, 0.6) is 0 Å². The fourth-order valence-electron chi connectivity index (χ4n) is 3.49. The number of nitrogens with zero attached hydrogens (tertiary/aromatic N) is 1. The number of aliphatic hydroxyl groups is 1. The zero-order chi connectivity index (χ0) is 13.0. The molecule has 2 aliphatic rings. The highest BCUT2D eigenvalue weighted by molar-refractivity contribution is 4.90. The van der Waals surface area contributed by atoms with Crippen molar-refractivity contribution in [1.29, 1.82) is 0 Å². The quantitative estimate of drug-likeness (QED) is 0.788. The molecular formula is C15H30N2O. The Morgan fingerprint density at radius 2 is 1.83 bits per heavy atom. The van der Waals surface area contributed by atoms with E-state index in [4.69, 9.17) is 0 Å². The van der Waals surface area contributed by atoms with Crippen molar-refractivity contribution in [2.24, 2.45) is 5.41 Å². The molecule has 1 aliphatic heterocycles.